The molecule has 0 spiro atoms. The lowest BCUT2D eigenvalue weighted by atomic mass is 10.2. The summed E-state index contributed by atoms with van der Waals surface area (Å²) in [6.07, 6.45) is 3.42. The third kappa shape index (κ3) is 3.20. The van der Waals surface area contributed by atoms with E-state index in [1.807, 2.05) is 6.07 Å². The van der Waals surface area contributed by atoms with Crippen LogP contribution in [0.1, 0.15) is 5.56 Å². The predicted octanol–water partition coefficient (Wildman–Crippen LogP) is 1.89. The highest BCUT2D eigenvalue weighted by Crippen LogP contribution is 2.24. The molecule has 0 amide bonds. The largest absolute Gasteiger partial charge is 0.271 e. The van der Waals surface area contributed by atoms with E-state index >= 15 is 0 Å². The highest BCUT2D eigenvalue weighted by Gasteiger charge is 2.10. The van der Waals surface area contributed by atoms with Crippen molar-refractivity contribution >= 4 is 28.3 Å². The van der Waals surface area contributed by atoms with Crippen molar-refractivity contribution < 1.29 is 4.92 Å². The van der Waals surface area contributed by atoms with E-state index in [1.54, 1.807) is 12.4 Å². The number of nitrogens with one attached hydrogen (secondary N) is 1. The molecule has 0 bridgehead atoms. The van der Waals surface area contributed by atoms with Crippen LogP contribution in [0.5, 0.6) is 0 Å². The van der Waals surface area contributed by atoms with Gasteiger partial charge in [-0.2, -0.15) is 10.5 Å². The zero-order valence-corrected chi connectivity index (χ0v) is 10.1. The summed E-state index contributed by atoms with van der Waals surface area (Å²) in [5.74, 6) is 0. The number of benzene rings is 1. The van der Waals surface area contributed by atoms with Gasteiger partial charge in [0.2, 0.25) is 0 Å². The van der Waals surface area contributed by atoms with Crippen LogP contribution in [0, 0.1) is 32.9 Å². The van der Waals surface area contributed by atoms with Gasteiger partial charge in [0.1, 0.15) is 6.07 Å². The fourth-order valence-electron chi connectivity index (χ4n) is 1.11. The number of hydrogen-bond donors (Lipinski definition) is 1. The molecule has 1 N–H and O–H groups in total. The first-order valence-corrected chi connectivity index (χ1v) is 5.81. The number of nitro groups is 1. The van der Waals surface area contributed by atoms with Gasteiger partial charge in [0.15, 0.2) is 11.4 Å². The SMILES string of the molecule is CSC(=Nc1ccc([N+](=O)[O-])cc1C#N)NC#N. The summed E-state index contributed by atoms with van der Waals surface area (Å²) in [5, 5.41) is 30.6. The molecule has 0 radical (unpaired) electrons. The van der Waals surface area contributed by atoms with Crippen molar-refractivity contribution in [2.24, 2.45) is 4.99 Å². The molecule has 0 heterocycles. The molecule has 0 fully saturated rings. The van der Waals surface area contributed by atoms with Crippen LogP contribution in [0.15, 0.2) is 23.2 Å². The molecule has 8 heteroatoms. The second-order valence-electron chi connectivity index (χ2n) is 2.93. The Bertz CT molecular complexity index is 585. The van der Waals surface area contributed by atoms with Gasteiger partial charge in [-0.3, -0.25) is 15.4 Å². The Hall–Kier alpha value is -2.58. The Balaban J connectivity index is 3.23. The Morgan fingerprint density at radius 2 is 2.28 bits per heavy atom. The molecule has 90 valence electrons. The maximum atomic E-state index is 10.6. The number of rotatable bonds is 2. The fraction of sp³-hybridized carbons (Fsp3) is 0.100. The number of aliphatic imine (C=N–C) groups is 1. The molecule has 0 saturated carbocycles. The lowest BCUT2D eigenvalue weighted by Gasteiger charge is -2.01. The molecule has 0 atom stereocenters. The molecule has 18 heavy (non-hydrogen) atoms. The number of thioether (sulfide) groups is 1. The Morgan fingerprint density at radius 1 is 1.56 bits per heavy atom. The van der Waals surface area contributed by atoms with E-state index < -0.39 is 4.92 Å². The zero-order chi connectivity index (χ0) is 13.5. The molecule has 7 nitrogen and oxygen atoms in total. The molecule has 0 aliphatic heterocycles. The molecule has 0 aromatic heterocycles. The van der Waals surface area contributed by atoms with Crippen LogP contribution in [0.2, 0.25) is 0 Å². The zero-order valence-electron chi connectivity index (χ0n) is 9.25. The summed E-state index contributed by atoms with van der Waals surface area (Å²) in [6.45, 7) is 0. The van der Waals surface area contributed by atoms with Crippen molar-refractivity contribution in [2.45, 2.75) is 0 Å². The van der Waals surface area contributed by atoms with Crippen LogP contribution in [0.25, 0.3) is 0 Å². The second-order valence-corrected chi connectivity index (χ2v) is 3.72. The minimum Gasteiger partial charge on any atom is -0.271 e. The van der Waals surface area contributed by atoms with E-state index in [0.29, 0.717) is 5.17 Å². The third-order valence-electron chi connectivity index (χ3n) is 1.89. The Morgan fingerprint density at radius 3 is 2.78 bits per heavy atom. The van der Waals surface area contributed by atoms with Crippen molar-refractivity contribution in [2.75, 3.05) is 6.26 Å². The van der Waals surface area contributed by atoms with Crippen LogP contribution in [0.4, 0.5) is 11.4 Å². The van der Waals surface area contributed by atoms with E-state index in [9.17, 15) is 10.1 Å². The van der Waals surface area contributed by atoms with Crippen LogP contribution in [-0.2, 0) is 0 Å². The fourth-order valence-corrected chi connectivity index (χ4v) is 1.44. The van der Waals surface area contributed by atoms with E-state index in [2.05, 4.69) is 10.3 Å². The molecular weight excluding hydrogens is 254 g/mol. The summed E-state index contributed by atoms with van der Waals surface area (Å²) in [6, 6.07) is 5.59. The minimum absolute atomic E-state index is 0.0792. The highest BCUT2D eigenvalue weighted by atomic mass is 32.2. The third-order valence-corrected chi connectivity index (χ3v) is 2.47. The van der Waals surface area contributed by atoms with E-state index in [-0.39, 0.29) is 16.9 Å². The monoisotopic (exact) mass is 261 g/mol. The van der Waals surface area contributed by atoms with Crippen molar-refractivity contribution in [3.05, 3.63) is 33.9 Å². The number of nitriles is 2. The van der Waals surface area contributed by atoms with Gasteiger partial charge in [0.05, 0.1) is 16.2 Å². The van der Waals surface area contributed by atoms with Crippen molar-refractivity contribution in [1.82, 2.24) is 5.32 Å². The minimum atomic E-state index is -0.586. The average Bonchev–Trinajstić information content (AvgIpc) is 2.38. The summed E-state index contributed by atoms with van der Waals surface area (Å²) in [7, 11) is 0. The smallest absolute Gasteiger partial charge is 0.270 e. The van der Waals surface area contributed by atoms with Gasteiger partial charge in [-0.1, -0.05) is 11.8 Å². The van der Waals surface area contributed by atoms with Gasteiger partial charge in [0.25, 0.3) is 5.69 Å². The molecule has 1 rings (SSSR count). The first kappa shape index (κ1) is 13.5. The Labute approximate surface area is 107 Å². The van der Waals surface area contributed by atoms with Gasteiger partial charge in [-0.05, 0) is 12.3 Å². The van der Waals surface area contributed by atoms with Crippen molar-refractivity contribution in [3.8, 4) is 12.3 Å². The van der Waals surface area contributed by atoms with Crippen molar-refractivity contribution in [1.29, 1.82) is 10.5 Å². The standard InChI is InChI=1S/C10H7N5O2S/c1-18-10(13-6-12)14-9-3-2-8(15(16)17)4-7(9)5-11/h2-4H,1H3,(H,13,14). The van der Waals surface area contributed by atoms with E-state index in [1.165, 1.54) is 23.9 Å². The topological polar surface area (TPSA) is 115 Å². The lowest BCUT2D eigenvalue weighted by molar-refractivity contribution is -0.384. The summed E-state index contributed by atoms with van der Waals surface area (Å²) in [5.41, 5.74) is 0.176. The molecule has 0 unspecified atom stereocenters. The number of nitrogens with zero attached hydrogens (tertiary/aromatic N) is 4. The number of hydrogen-bond acceptors (Lipinski definition) is 6. The second kappa shape index (κ2) is 6.23. The van der Waals surface area contributed by atoms with Gasteiger partial charge in [-0.15, -0.1) is 0 Å². The number of amidine groups is 1. The molecule has 0 saturated heterocycles. The maximum absolute atomic E-state index is 10.6. The molecular formula is C10H7N5O2S. The van der Waals surface area contributed by atoms with Gasteiger partial charge in [-0.25, -0.2) is 4.99 Å². The van der Waals surface area contributed by atoms with Crippen LogP contribution < -0.4 is 5.32 Å². The van der Waals surface area contributed by atoms with Crippen LogP contribution in [-0.4, -0.2) is 16.3 Å². The normalized spacial score (nSPS) is 10.3. The molecule has 0 aliphatic carbocycles. The maximum Gasteiger partial charge on any atom is 0.270 e. The molecule has 1 aromatic rings. The van der Waals surface area contributed by atoms with Gasteiger partial charge < -0.3 is 0 Å². The molecule has 0 aliphatic rings. The van der Waals surface area contributed by atoms with Crippen LogP contribution >= 0.6 is 11.8 Å². The lowest BCUT2D eigenvalue weighted by Crippen LogP contribution is -2.12. The van der Waals surface area contributed by atoms with Crippen molar-refractivity contribution in [3.63, 3.8) is 0 Å². The Kier molecular flexibility index (Phi) is 4.67. The summed E-state index contributed by atoms with van der Waals surface area (Å²) >= 11 is 1.19. The van der Waals surface area contributed by atoms with Gasteiger partial charge >= 0.3 is 0 Å². The predicted molar refractivity (Wildman–Crippen MR) is 67.2 cm³/mol. The van der Waals surface area contributed by atoms with E-state index in [0.717, 1.165) is 6.07 Å². The van der Waals surface area contributed by atoms with E-state index in [4.69, 9.17) is 10.5 Å². The number of non-ortho nitro benzene ring substituents is 1. The molecule has 1 aromatic carbocycles. The average molecular weight is 261 g/mol. The van der Waals surface area contributed by atoms with Gasteiger partial charge in [0, 0.05) is 12.1 Å². The summed E-state index contributed by atoms with van der Waals surface area (Å²) < 4.78 is 0. The first-order valence-electron chi connectivity index (χ1n) is 4.58. The highest BCUT2D eigenvalue weighted by molar-refractivity contribution is 8.13. The number of nitro benzene ring substituents is 1. The first-order chi connectivity index (χ1) is 8.62. The van der Waals surface area contributed by atoms with Crippen LogP contribution in [0.3, 0.4) is 0 Å². The quantitative estimate of drug-likeness (QED) is 0.217. The summed E-state index contributed by atoms with van der Waals surface area (Å²) in [4.78, 5) is 14.0.